The molecule has 0 radical (unpaired) electrons. The number of ether oxygens (including phenoxy) is 1. The van der Waals surface area contributed by atoms with Gasteiger partial charge in [-0.3, -0.25) is 0 Å². The van der Waals surface area contributed by atoms with Gasteiger partial charge in [-0.15, -0.1) is 0 Å². The van der Waals surface area contributed by atoms with Gasteiger partial charge in [0, 0.05) is 13.2 Å². The lowest BCUT2D eigenvalue weighted by atomic mass is 9.90. The van der Waals surface area contributed by atoms with Gasteiger partial charge in [0.25, 0.3) is 0 Å². The van der Waals surface area contributed by atoms with Crippen LogP contribution in [0.15, 0.2) is 18.2 Å². The molecule has 1 atom stereocenters. The van der Waals surface area contributed by atoms with Crippen molar-refractivity contribution < 1.29 is 27.4 Å². The second-order valence-corrected chi connectivity index (χ2v) is 5.08. The van der Waals surface area contributed by atoms with E-state index in [0.29, 0.717) is 25.7 Å². The average Bonchev–Trinajstić information content (AvgIpc) is 2.38. The zero-order valence-corrected chi connectivity index (χ0v) is 10.8. The van der Waals surface area contributed by atoms with Gasteiger partial charge in [-0.05, 0) is 48.9 Å². The lowest BCUT2D eigenvalue weighted by Crippen LogP contribution is -2.18. The van der Waals surface area contributed by atoms with Gasteiger partial charge in [0.05, 0.1) is 11.7 Å². The highest BCUT2D eigenvalue weighted by Gasteiger charge is 2.32. The molecule has 1 fully saturated rings. The first-order chi connectivity index (χ1) is 9.36. The molecule has 2 rings (SSSR count). The number of benzene rings is 1. The average molecular weight is 292 g/mol. The van der Waals surface area contributed by atoms with Crippen LogP contribution in [-0.2, 0) is 10.9 Å². The summed E-state index contributed by atoms with van der Waals surface area (Å²) in [4.78, 5) is 0. The summed E-state index contributed by atoms with van der Waals surface area (Å²) in [6.07, 6.45) is -3.86. The van der Waals surface area contributed by atoms with E-state index in [9.17, 15) is 22.7 Å². The highest BCUT2D eigenvalue weighted by molar-refractivity contribution is 5.28. The Morgan fingerprint density at radius 1 is 1.20 bits per heavy atom. The molecule has 1 aliphatic heterocycles. The predicted octanol–water partition coefficient (Wildman–Crippen LogP) is 3.69. The normalized spacial score (nSPS) is 19.1. The fourth-order valence-corrected chi connectivity index (χ4v) is 2.40. The van der Waals surface area contributed by atoms with E-state index in [4.69, 9.17) is 4.74 Å². The number of rotatable bonds is 3. The van der Waals surface area contributed by atoms with Gasteiger partial charge in [0.1, 0.15) is 5.82 Å². The van der Waals surface area contributed by atoms with Crippen LogP contribution in [-0.4, -0.2) is 18.3 Å². The smallest absolute Gasteiger partial charge is 0.388 e. The minimum atomic E-state index is -4.62. The Bertz CT molecular complexity index is 453. The van der Waals surface area contributed by atoms with Crippen molar-refractivity contribution in [3.05, 3.63) is 35.1 Å². The van der Waals surface area contributed by atoms with E-state index in [1.165, 1.54) is 0 Å². The zero-order valence-electron chi connectivity index (χ0n) is 10.8. The van der Waals surface area contributed by atoms with Crippen molar-refractivity contribution in [2.75, 3.05) is 13.2 Å². The van der Waals surface area contributed by atoms with Crippen LogP contribution < -0.4 is 0 Å². The van der Waals surface area contributed by atoms with E-state index in [1.807, 2.05) is 0 Å². The van der Waals surface area contributed by atoms with Gasteiger partial charge in [-0.25, -0.2) is 4.39 Å². The predicted molar refractivity (Wildman–Crippen MR) is 64.5 cm³/mol. The molecule has 6 heteroatoms. The molecule has 0 bridgehead atoms. The maximum absolute atomic E-state index is 13.3. The van der Waals surface area contributed by atoms with Crippen LogP contribution in [0.5, 0.6) is 0 Å². The molecule has 0 saturated carbocycles. The Hall–Kier alpha value is -1.14. The van der Waals surface area contributed by atoms with Crippen LogP contribution >= 0.6 is 0 Å². The maximum atomic E-state index is 13.3. The summed E-state index contributed by atoms with van der Waals surface area (Å²) in [5.41, 5.74) is -1.10. The fourth-order valence-electron chi connectivity index (χ4n) is 2.40. The Morgan fingerprint density at radius 3 is 2.45 bits per heavy atom. The first-order valence-electron chi connectivity index (χ1n) is 6.50. The second-order valence-electron chi connectivity index (χ2n) is 5.08. The summed E-state index contributed by atoms with van der Waals surface area (Å²) in [5.74, 6) is -0.794. The zero-order chi connectivity index (χ0) is 14.8. The van der Waals surface area contributed by atoms with Gasteiger partial charge in [-0.1, -0.05) is 0 Å². The number of hydrogen-bond donors (Lipinski definition) is 1. The molecule has 0 amide bonds. The third kappa shape index (κ3) is 3.93. The molecular formula is C14H16F4O2. The number of halogens is 4. The molecule has 20 heavy (non-hydrogen) atoms. The standard InChI is InChI=1S/C14H16F4O2/c15-12-7-10(6-11(8-12)14(16,17)18)13(19)5-9-1-3-20-4-2-9/h6-9,13,19H,1-5H2. The van der Waals surface area contributed by atoms with Gasteiger partial charge in [0.15, 0.2) is 0 Å². The quantitative estimate of drug-likeness (QED) is 0.861. The topological polar surface area (TPSA) is 29.5 Å². The molecule has 1 heterocycles. The van der Waals surface area contributed by atoms with Gasteiger partial charge < -0.3 is 9.84 Å². The third-order valence-electron chi connectivity index (χ3n) is 3.53. The molecule has 1 aromatic carbocycles. The van der Waals surface area contributed by atoms with Gasteiger partial charge in [0.2, 0.25) is 0 Å². The van der Waals surface area contributed by atoms with Crippen molar-refractivity contribution in [2.24, 2.45) is 5.92 Å². The number of hydrogen-bond acceptors (Lipinski definition) is 2. The molecule has 0 aromatic heterocycles. The SMILES string of the molecule is OC(CC1CCOCC1)c1cc(F)cc(C(F)(F)F)c1. The Balaban J connectivity index is 2.12. The first kappa shape index (κ1) is 15.3. The summed E-state index contributed by atoms with van der Waals surface area (Å²) >= 11 is 0. The van der Waals surface area contributed by atoms with E-state index >= 15 is 0 Å². The molecule has 1 aromatic rings. The molecule has 1 aliphatic rings. The van der Waals surface area contributed by atoms with Crippen molar-refractivity contribution >= 4 is 0 Å². The van der Waals surface area contributed by atoms with Crippen LogP contribution in [0, 0.1) is 11.7 Å². The molecule has 0 spiro atoms. The van der Waals surface area contributed by atoms with Crippen molar-refractivity contribution in [2.45, 2.75) is 31.5 Å². The Morgan fingerprint density at radius 2 is 1.85 bits per heavy atom. The van der Waals surface area contributed by atoms with Crippen molar-refractivity contribution in [1.82, 2.24) is 0 Å². The molecule has 1 unspecified atom stereocenters. The molecule has 112 valence electrons. The van der Waals surface area contributed by atoms with E-state index < -0.39 is 23.7 Å². The van der Waals surface area contributed by atoms with E-state index in [-0.39, 0.29) is 11.5 Å². The Labute approximate surface area is 114 Å². The maximum Gasteiger partial charge on any atom is 0.416 e. The summed E-state index contributed by atoms with van der Waals surface area (Å²) < 4.78 is 56.3. The number of alkyl halides is 3. The van der Waals surface area contributed by atoms with Crippen LogP contribution in [0.25, 0.3) is 0 Å². The van der Waals surface area contributed by atoms with Crippen LogP contribution in [0.2, 0.25) is 0 Å². The molecule has 0 aliphatic carbocycles. The first-order valence-corrected chi connectivity index (χ1v) is 6.50. The van der Waals surface area contributed by atoms with Gasteiger partial charge in [-0.2, -0.15) is 13.2 Å². The van der Waals surface area contributed by atoms with Crippen molar-refractivity contribution in [3.8, 4) is 0 Å². The van der Waals surface area contributed by atoms with E-state index in [2.05, 4.69) is 0 Å². The fraction of sp³-hybridized carbons (Fsp3) is 0.571. The molecule has 1 N–H and O–H groups in total. The third-order valence-corrected chi connectivity index (χ3v) is 3.53. The van der Waals surface area contributed by atoms with Crippen LogP contribution in [0.3, 0.4) is 0 Å². The lowest BCUT2D eigenvalue weighted by Gasteiger charge is -2.24. The summed E-state index contributed by atoms with van der Waals surface area (Å²) in [6, 6.07) is 2.21. The highest BCUT2D eigenvalue weighted by atomic mass is 19.4. The lowest BCUT2D eigenvalue weighted by molar-refractivity contribution is -0.137. The Kier molecular flexibility index (Phi) is 4.65. The molecule has 2 nitrogen and oxygen atoms in total. The monoisotopic (exact) mass is 292 g/mol. The number of aliphatic hydroxyl groups is 1. The van der Waals surface area contributed by atoms with E-state index in [0.717, 1.165) is 25.0 Å². The molecular weight excluding hydrogens is 276 g/mol. The molecule has 1 saturated heterocycles. The summed E-state index contributed by atoms with van der Waals surface area (Å²) in [6.45, 7) is 1.18. The van der Waals surface area contributed by atoms with Crippen LogP contribution in [0.4, 0.5) is 17.6 Å². The summed E-state index contributed by atoms with van der Waals surface area (Å²) in [5, 5.41) is 10.0. The van der Waals surface area contributed by atoms with Crippen molar-refractivity contribution in [1.29, 1.82) is 0 Å². The second kappa shape index (κ2) is 6.10. The number of aliphatic hydroxyl groups excluding tert-OH is 1. The van der Waals surface area contributed by atoms with Crippen molar-refractivity contribution in [3.63, 3.8) is 0 Å². The minimum absolute atomic E-state index is 0.0242. The van der Waals surface area contributed by atoms with Crippen LogP contribution in [0.1, 0.15) is 36.5 Å². The van der Waals surface area contributed by atoms with E-state index in [1.54, 1.807) is 0 Å². The minimum Gasteiger partial charge on any atom is -0.388 e. The summed E-state index contributed by atoms with van der Waals surface area (Å²) in [7, 11) is 0. The largest absolute Gasteiger partial charge is 0.416 e. The van der Waals surface area contributed by atoms with Gasteiger partial charge >= 0.3 is 6.18 Å². The highest BCUT2D eigenvalue weighted by Crippen LogP contribution is 2.34.